The maximum absolute atomic E-state index is 12.8. The largest absolute Gasteiger partial charge is 0.479 e. The van der Waals surface area contributed by atoms with E-state index in [0.717, 1.165) is 64.2 Å². The third-order valence-electron chi connectivity index (χ3n) is 10.8. The Kier molecular flexibility index (Phi) is 34.9. The Morgan fingerprint density at radius 3 is 1.34 bits per heavy atom. The van der Waals surface area contributed by atoms with E-state index in [1.165, 1.54) is 103 Å². The van der Waals surface area contributed by atoms with Gasteiger partial charge >= 0.3 is 17.9 Å². The molecule has 1 heterocycles. The van der Waals surface area contributed by atoms with Crippen LogP contribution < -0.4 is 0 Å². The molecule has 0 aliphatic carbocycles. The lowest BCUT2D eigenvalue weighted by molar-refractivity contribution is -0.298. The number of ether oxygens (including phenoxy) is 4. The minimum Gasteiger partial charge on any atom is -0.479 e. The van der Waals surface area contributed by atoms with Crippen molar-refractivity contribution in [2.45, 2.75) is 243 Å². The van der Waals surface area contributed by atoms with Gasteiger partial charge in [-0.05, 0) is 64.2 Å². The molecule has 0 aromatic heterocycles. The summed E-state index contributed by atoms with van der Waals surface area (Å²) in [7, 11) is 0. The molecule has 1 aliphatic heterocycles. The van der Waals surface area contributed by atoms with Crippen LogP contribution in [-0.4, -0.2) is 88.4 Å². The molecule has 338 valence electrons. The molecule has 0 radical (unpaired) electrons. The first-order valence-electron chi connectivity index (χ1n) is 23.4. The Balaban J connectivity index is 2.35. The van der Waals surface area contributed by atoms with Gasteiger partial charge in [-0.25, -0.2) is 4.79 Å². The second kappa shape index (κ2) is 37.7. The number of carbonyl (C=O) groups is 3. The van der Waals surface area contributed by atoms with Crippen LogP contribution in [0.15, 0.2) is 24.3 Å². The number of aliphatic hydroxyl groups is 3. The zero-order chi connectivity index (χ0) is 42.5. The molecule has 0 amide bonds. The van der Waals surface area contributed by atoms with E-state index in [4.69, 9.17) is 18.9 Å². The van der Waals surface area contributed by atoms with Crippen molar-refractivity contribution in [2.24, 2.45) is 0 Å². The number of carboxylic acid groups (broad SMARTS) is 1. The molecule has 58 heavy (non-hydrogen) atoms. The molecule has 1 saturated heterocycles. The van der Waals surface area contributed by atoms with Gasteiger partial charge in [0.2, 0.25) is 0 Å². The predicted octanol–water partition coefficient (Wildman–Crippen LogP) is 10.2. The summed E-state index contributed by atoms with van der Waals surface area (Å²) < 4.78 is 21.7. The van der Waals surface area contributed by atoms with Gasteiger partial charge in [-0.1, -0.05) is 154 Å². The Labute approximate surface area is 351 Å². The summed E-state index contributed by atoms with van der Waals surface area (Å²) in [5.41, 5.74) is 0. The highest BCUT2D eigenvalue weighted by molar-refractivity contribution is 5.73. The molecule has 0 saturated carbocycles. The molecule has 6 atom stereocenters. The first-order chi connectivity index (χ1) is 28.2. The van der Waals surface area contributed by atoms with E-state index in [0.29, 0.717) is 12.8 Å². The average molecular weight is 825 g/mol. The number of rotatable bonds is 39. The van der Waals surface area contributed by atoms with E-state index < -0.39 is 61.3 Å². The summed E-state index contributed by atoms with van der Waals surface area (Å²) in [6, 6.07) is 0. The van der Waals surface area contributed by atoms with Gasteiger partial charge < -0.3 is 39.4 Å². The van der Waals surface area contributed by atoms with E-state index in [1.807, 2.05) is 0 Å². The van der Waals surface area contributed by atoms with Gasteiger partial charge in [-0.3, -0.25) is 9.59 Å². The minimum absolute atomic E-state index is 0.174. The van der Waals surface area contributed by atoms with Gasteiger partial charge in [0.15, 0.2) is 18.5 Å². The quantitative estimate of drug-likeness (QED) is 0.0264. The number of carboxylic acids is 1. The molecular formula is C47H84O11. The van der Waals surface area contributed by atoms with Gasteiger partial charge in [-0.2, -0.15) is 0 Å². The Morgan fingerprint density at radius 1 is 0.517 bits per heavy atom. The summed E-state index contributed by atoms with van der Waals surface area (Å²) in [6.45, 7) is 3.80. The van der Waals surface area contributed by atoms with Gasteiger partial charge in [0.25, 0.3) is 0 Å². The summed E-state index contributed by atoms with van der Waals surface area (Å²) in [4.78, 5) is 36.8. The molecule has 0 spiro atoms. The number of unbranched alkanes of at least 4 members (excludes halogenated alkanes) is 24. The van der Waals surface area contributed by atoms with Gasteiger partial charge in [0, 0.05) is 12.8 Å². The highest BCUT2D eigenvalue weighted by Crippen LogP contribution is 2.23. The zero-order valence-electron chi connectivity index (χ0n) is 36.5. The average Bonchev–Trinajstić information content (AvgIpc) is 3.21. The van der Waals surface area contributed by atoms with Gasteiger partial charge in [0.05, 0.1) is 6.61 Å². The Hall–Kier alpha value is -2.31. The van der Waals surface area contributed by atoms with E-state index in [1.54, 1.807) is 0 Å². The monoisotopic (exact) mass is 825 g/mol. The highest BCUT2D eigenvalue weighted by Gasteiger charge is 2.47. The normalized spacial score (nSPS) is 20.2. The fourth-order valence-electron chi connectivity index (χ4n) is 7.04. The van der Waals surface area contributed by atoms with E-state index in [2.05, 4.69) is 38.2 Å². The molecule has 11 nitrogen and oxygen atoms in total. The first-order valence-corrected chi connectivity index (χ1v) is 23.4. The van der Waals surface area contributed by atoms with Crippen molar-refractivity contribution >= 4 is 17.9 Å². The molecule has 11 heteroatoms. The Morgan fingerprint density at radius 2 is 0.914 bits per heavy atom. The molecule has 6 unspecified atom stereocenters. The first kappa shape index (κ1) is 53.7. The van der Waals surface area contributed by atoms with Gasteiger partial charge in [0.1, 0.15) is 24.9 Å². The number of carbonyl (C=O) groups excluding carboxylic acids is 2. The third-order valence-corrected chi connectivity index (χ3v) is 10.8. The van der Waals surface area contributed by atoms with Crippen LogP contribution in [0.2, 0.25) is 0 Å². The van der Waals surface area contributed by atoms with E-state index >= 15 is 0 Å². The number of aliphatic carboxylic acids is 1. The van der Waals surface area contributed by atoms with Gasteiger partial charge in [-0.15, -0.1) is 0 Å². The lowest BCUT2D eigenvalue weighted by atomic mass is 9.99. The van der Waals surface area contributed by atoms with Crippen molar-refractivity contribution < 1.29 is 53.8 Å². The number of hydrogen-bond donors (Lipinski definition) is 4. The standard InChI is InChI=1S/C47H84O11/c1-3-5-7-9-11-13-15-17-19-20-21-22-24-25-27-29-31-33-35-40(48)55-37-39(38-56-47-44(52)42(50)43(51)45(58-47)46(53)54)57-41(49)36-34-32-30-28-26-23-18-16-14-12-10-8-6-4-2/h16,18-20,39,42-45,47,50-52H,3-15,17,21-38H2,1-2H3,(H,53,54)/b18-16-,20-19-. The molecule has 0 aromatic rings. The number of hydrogen-bond acceptors (Lipinski definition) is 10. The zero-order valence-corrected chi connectivity index (χ0v) is 36.5. The van der Waals surface area contributed by atoms with Crippen LogP contribution in [0.1, 0.15) is 206 Å². The molecule has 1 rings (SSSR count). The topological polar surface area (TPSA) is 169 Å². The molecule has 4 N–H and O–H groups in total. The number of esters is 2. The summed E-state index contributed by atoms with van der Waals surface area (Å²) >= 11 is 0. The number of aliphatic hydroxyl groups excluding tert-OH is 3. The fraction of sp³-hybridized carbons (Fsp3) is 0.851. The second-order valence-corrected chi connectivity index (χ2v) is 16.2. The maximum Gasteiger partial charge on any atom is 0.335 e. The van der Waals surface area contributed by atoms with Crippen molar-refractivity contribution in [2.75, 3.05) is 13.2 Å². The van der Waals surface area contributed by atoms with Crippen molar-refractivity contribution in [3.63, 3.8) is 0 Å². The fourth-order valence-corrected chi connectivity index (χ4v) is 7.04. The SMILES string of the molecule is CCCCCCC/C=C\CCCCCCCC(=O)OC(COC(=O)CCCCCCCCC/C=C\CCCCCCCCC)COC1OC(C(=O)O)C(O)C(O)C1O. The predicted molar refractivity (Wildman–Crippen MR) is 229 cm³/mol. The van der Waals surface area contributed by atoms with Crippen molar-refractivity contribution in [3.8, 4) is 0 Å². The lowest BCUT2D eigenvalue weighted by Crippen LogP contribution is -2.60. The molecular weight excluding hydrogens is 741 g/mol. The summed E-state index contributed by atoms with van der Waals surface area (Å²) in [6.07, 6.45) is 32.3. The van der Waals surface area contributed by atoms with Crippen LogP contribution in [0.3, 0.4) is 0 Å². The molecule has 1 aliphatic rings. The highest BCUT2D eigenvalue weighted by atomic mass is 16.7. The second-order valence-electron chi connectivity index (χ2n) is 16.2. The van der Waals surface area contributed by atoms with Crippen LogP contribution in [-0.2, 0) is 33.3 Å². The summed E-state index contributed by atoms with van der Waals surface area (Å²) in [5.74, 6) is -2.45. The maximum atomic E-state index is 12.8. The van der Waals surface area contributed by atoms with E-state index in [-0.39, 0.29) is 19.4 Å². The minimum atomic E-state index is -1.86. The number of allylic oxidation sites excluding steroid dienone is 4. The van der Waals surface area contributed by atoms with Crippen LogP contribution in [0.25, 0.3) is 0 Å². The summed E-state index contributed by atoms with van der Waals surface area (Å²) in [5, 5.41) is 39.8. The van der Waals surface area contributed by atoms with Crippen molar-refractivity contribution in [1.82, 2.24) is 0 Å². The smallest absolute Gasteiger partial charge is 0.335 e. The molecule has 0 bridgehead atoms. The molecule has 1 fully saturated rings. The van der Waals surface area contributed by atoms with Crippen LogP contribution in [0.5, 0.6) is 0 Å². The molecule has 0 aromatic carbocycles. The van der Waals surface area contributed by atoms with Crippen LogP contribution in [0.4, 0.5) is 0 Å². The Bertz CT molecular complexity index is 1060. The van der Waals surface area contributed by atoms with Crippen molar-refractivity contribution in [3.05, 3.63) is 24.3 Å². The lowest BCUT2D eigenvalue weighted by Gasteiger charge is -2.38. The third kappa shape index (κ3) is 29.0. The van der Waals surface area contributed by atoms with Crippen LogP contribution in [0, 0.1) is 0 Å². The van der Waals surface area contributed by atoms with E-state index in [9.17, 15) is 34.8 Å². The van der Waals surface area contributed by atoms with Crippen molar-refractivity contribution in [1.29, 1.82) is 0 Å². The van der Waals surface area contributed by atoms with Crippen LogP contribution >= 0.6 is 0 Å².